The van der Waals surface area contributed by atoms with Crippen molar-refractivity contribution in [2.45, 2.75) is 33.2 Å². The van der Waals surface area contributed by atoms with Crippen LogP contribution in [0.2, 0.25) is 5.02 Å². The first-order valence-electron chi connectivity index (χ1n) is 6.02. The summed E-state index contributed by atoms with van der Waals surface area (Å²) in [5.74, 6) is 0.864. The lowest BCUT2D eigenvalue weighted by atomic mass is 10.1. The molecule has 19 heavy (non-hydrogen) atoms. The zero-order chi connectivity index (χ0) is 14.4. The number of halogens is 2. The number of hydrogen-bond acceptors (Lipinski definition) is 2. The van der Waals surface area contributed by atoms with Crippen molar-refractivity contribution in [3.63, 3.8) is 0 Å². The Labute approximate surface area is 117 Å². The van der Waals surface area contributed by atoms with E-state index in [2.05, 4.69) is 4.98 Å². The first-order chi connectivity index (χ1) is 8.71. The molecule has 3 nitrogen and oxygen atoms in total. The molecule has 1 heterocycles. The average molecular weight is 282 g/mol. The Morgan fingerprint density at radius 3 is 2.42 bits per heavy atom. The van der Waals surface area contributed by atoms with Gasteiger partial charge in [0.25, 0.3) is 0 Å². The molecule has 0 amide bonds. The number of rotatable bonds is 1. The second kappa shape index (κ2) is 4.53. The molecule has 0 saturated carbocycles. The Morgan fingerprint density at radius 2 is 1.95 bits per heavy atom. The first kappa shape index (κ1) is 13.9. The van der Waals surface area contributed by atoms with Gasteiger partial charge in [0.05, 0.1) is 5.02 Å². The SMILES string of the molecule is Cc1nc(-c2ccc(Cl)c(F)c2)c(N)n1C(C)(C)C. The van der Waals surface area contributed by atoms with E-state index in [1.807, 2.05) is 32.3 Å². The second-order valence-corrected chi connectivity index (χ2v) is 5.94. The van der Waals surface area contributed by atoms with Gasteiger partial charge in [-0.3, -0.25) is 0 Å². The maximum atomic E-state index is 13.5. The average Bonchev–Trinajstić information content (AvgIpc) is 2.57. The highest BCUT2D eigenvalue weighted by atomic mass is 35.5. The van der Waals surface area contributed by atoms with Gasteiger partial charge in [0.1, 0.15) is 23.2 Å². The number of aromatic nitrogens is 2. The van der Waals surface area contributed by atoms with Gasteiger partial charge in [0.15, 0.2) is 0 Å². The van der Waals surface area contributed by atoms with Crippen LogP contribution < -0.4 is 5.73 Å². The summed E-state index contributed by atoms with van der Waals surface area (Å²) < 4.78 is 15.5. The number of nitrogen functional groups attached to an aromatic ring is 1. The predicted molar refractivity (Wildman–Crippen MR) is 76.8 cm³/mol. The Balaban J connectivity index is 2.61. The Kier molecular flexibility index (Phi) is 3.31. The molecule has 1 aromatic carbocycles. The van der Waals surface area contributed by atoms with Crippen LogP contribution in [0.15, 0.2) is 18.2 Å². The number of imidazole rings is 1. The Bertz CT molecular complexity index is 626. The number of nitrogens with zero attached hydrogens (tertiary/aromatic N) is 2. The summed E-state index contributed by atoms with van der Waals surface area (Å²) in [7, 11) is 0. The summed E-state index contributed by atoms with van der Waals surface area (Å²) in [6, 6.07) is 4.58. The molecule has 0 fully saturated rings. The second-order valence-electron chi connectivity index (χ2n) is 5.53. The first-order valence-corrected chi connectivity index (χ1v) is 6.40. The molecule has 0 atom stereocenters. The third-order valence-electron chi connectivity index (χ3n) is 2.94. The zero-order valence-electron chi connectivity index (χ0n) is 11.5. The molecule has 1 aromatic heterocycles. The minimum atomic E-state index is -0.471. The van der Waals surface area contributed by atoms with Gasteiger partial charge in [-0.15, -0.1) is 0 Å². The molecule has 2 aromatic rings. The number of nitrogens with two attached hydrogens (primary N) is 1. The van der Waals surface area contributed by atoms with Crippen molar-refractivity contribution in [2.24, 2.45) is 0 Å². The van der Waals surface area contributed by atoms with Crippen molar-refractivity contribution in [3.8, 4) is 11.3 Å². The number of aryl methyl sites for hydroxylation is 1. The van der Waals surface area contributed by atoms with Crippen LogP contribution in [0.1, 0.15) is 26.6 Å². The quantitative estimate of drug-likeness (QED) is 0.859. The zero-order valence-corrected chi connectivity index (χ0v) is 12.2. The maximum absolute atomic E-state index is 13.5. The molecule has 0 aliphatic heterocycles. The molecule has 2 rings (SSSR count). The monoisotopic (exact) mass is 281 g/mol. The Morgan fingerprint density at radius 1 is 1.32 bits per heavy atom. The van der Waals surface area contributed by atoms with E-state index in [4.69, 9.17) is 17.3 Å². The topological polar surface area (TPSA) is 43.8 Å². The van der Waals surface area contributed by atoms with E-state index in [0.717, 1.165) is 5.82 Å². The van der Waals surface area contributed by atoms with Crippen molar-refractivity contribution in [1.29, 1.82) is 0 Å². The van der Waals surface area contributed by atoms with Crippen molar-refractivity contribution in [1.82, 2.24) is 9.55 Å². The lowest BCUT2D eigenvalue weighted by Crippen LogP contribution is -2.24. The number of benzene rings is 1. The number of anilines is 1. The standard InChI is InChI=1S/C14H17ClFN3/c1-8-18-12(13(17)19(8)14(2,3)4)9-5-6-10(15)11(16)7-9/h5-7H,17H2,1-4H3. The summed E-state index contributed by atoms with van der Waals surface area (Å²) in [6.45, 7) is 8.02. The summed E-state index contributed by atoms with van der Waals surface area (Å²) >= 11 is 5.69. The van der Waals surface area contributed by atoms with Gasteiger partial charge in [-0.25, -0.2) is 9.37 Å². The van der Waals surface area contributed by atoms with Crippen LogP contribution in [0.25, 0.3) is 11.3 Å². The van der Waals surface area contributed by atoms with Crippen LogP contribution in [0, 0.1) is 12.7 Å². The van der Waals surface area contributed by atoms with Gasteiger partial charge in [-0.2, -0.15) is 0 Å². The van der Waals surface area contributed by atoms with E-state index >= 15 is 0 Å². The van der Waals surface area contributed by atoms with E-state index in [1.165, 1.54) is 12.1 Å². The maximum Gasteiger partial charge on any atom is 0.142 e. The summed E-state index contributed by atoms with van der Waals surface area (Å²) in [5, 5.41) is 0.0919. The molecule has 0 aliphatic rings. The lowest BCUT2D eigenvalue weighted by Gasteiger charge is -2.24. The van der Waals surface area contributed by atoms with Crippen molar-refractivity contribution in [2.75, 3.05) is 5.73 Å². The molecule has 0 unspecified atom stereocenters. The summed E-state index contributed by atoms with van der Waals surface area (Å²) in [5.41, 5.74) is 7.20. The minimum absolute atomic E-state index is 0.0919. The third kappa shape index (κ3) is 2.45. The lowest BCUT2D eigenvalue weighted by molar-refractivity contribution is 0.393. The molecule has 0 radical (unpaired) electrons. The predicted octanol–water partition coefficient (Wildman–Crippen LogP) is 3.99. The highest BCUT2D eigenvalue weighted by molar-refractivity contribution is 6.30. The molecular weight excluding hydrogens is 265 g/mol. The van der Waals surface area contributed by atoms with Crippen LogP contribution in [0.4, 0.5) is 10.2 Å². The summed E-state index contributed by atoms with van der Waals surface area (Å²) in [6.07, 6.45) is 0. The fraction of sp³-hybridized carbons (Fsp3) is 0.357. The molecule has 5 heteroatoms. The number of hydrogen-bond donors (Lipinski definition) is 1. The van der Waals surface area contributed by atoms with E-state index < -0.39 is 5.82 Å². The smallest absolute Gasteiger partial charge is 0.142 e. The third-order valence-corrected chi connectivity index (χ3v) is 3.25. The fourth-order valence-electron chi connectivity index (χ4n) is 2.25. The van der Waals surface area contributed by atoms with E-state index in [-0.39, 0.29) is 10.6 Å². The molecular formula is C14H17ClFN3. The van der Waals surface area contributed by atoms with Gasteiger partial charge in [0.2, 0.25) is 0 Å². The van der Waals surface area contributed by atoms with Crippen molar-refractivity contribution >= 4 is 17.4 Å². The van der Waals surface area contributed by atoms with Crippen LogP contribution >= 0.6 is 11.6 Å². The molecule has 0 aliphatic carbocycles. The molecule has 2 N–H and O–H groups in total. The van der Waals surface area contributed by atoms with Crippen molar-refractivity contribution in [3.05, 3.63) is 34.9 Å². The van der Waals surface area contributed by atoms with Crippen LogP contribution in [-0.4, -0.2) is 9.55 Å². The highest BCUT2D eigenvalue weighted by Gasteiger charge is 2.22. The highest BCUT2D eigenvalue weighted by Crippen LogP contribution is 2.32. The van der Waals surface area contributed by atoms with Gasteiger partial charge >= 0.3 is 0 Å². The molecule has 102 valence electrons. The van der Waals surface area contributed by atoms with Gasteiger partial charge < -0.3 is 10.3 Å². The van der Waals surface area contributed by atoms with Crippen LogP contribution in [-0.2, 0) is 5.54 Å². The fourth-order valence-corrected chi connectivity index (χ4v) is 2.37. The molecule has 0 spiro atoms. The van der Waals surface area contributed by atoms with E-state index in [1.54, 1.807) is 6.07 Å². The largest absolute Gasteiger partial charge is 0.383 e. The molecule has 0 bridgehead atoms. The van der Waals surface area contributed by atoms with Gasteiger partial charge in [-0.05, 0) is 39.8 Å². The van der Waals surface area contributed by atoms with Gasteiger partial charge in [0, 0.05) is 11.1 Å². The van der Waals surface area contributed by atoms with Crippen LogP contribution in [0.3, 0.4) is 0 Å². The molecule has 0 saturated heterocycles. The van der Waals surface area contributed by atoms with E-state index in [9.17, 15) is 4.39 Å². The summed E-state index contributed by atoms with van der Waals surface area (Å²) in [4.78, 5) is 4.45. The van der Waals surface area contributed by atoms with Crippen molar-refractivity contribution < 1.29 is 4.39 Å². The van der Waals surface area contributed by atoms with E-state index in [0.29, 0.717) is 17.1 Å². The van der Waals surface area contributed by atoms with Crippen LogP contribution in [0.5, 0.6) is 0 Å². The van der Waals surface area contributed by atoms with Gasteiger partial charge in [-0.1, -0.05) is 17.7 Å². The minimum Gasteiger partial charge on any atom is -0.383 e. The Hall–Kier alpha value is -1.55. The normalized spacial score (nSPS) is 11.9.